The quantitative estimate of drug-likeness (QED) is 0.339. The Hall–Kier alpha value is -3.49. The van der Waals surface area contributed by atoms with E-state index < -0.39 is 0 Å². The number of benzene rings is 2. The summed E-state index contributed by atoms with van der Waals surface area (Å²) in [6.45, 7) is 6.77. The highest BCUT2D eigenvalue weighted by atomic mass is 32.2. The molecule has 2 aromatic carbocycles. The first-order chi connectivity index (χ1) is 17.7. The molecule has 8 heteroatoms. The third-order valence-electron chi connectivity index (χ3n) is 6.38. The van der Waals surface area contributed by atoms with Crippen molar-refractivity contribution in [1.29, 1.82) is 0 Å². The van der Waals surface area contributed by atoms with Gasteiger partial charge in [0.25, 0.3) is 0 Å². The normalized spacial score (nSPS) is 15.1. The van der Waals surface area contributed by atoms with Gasteiger partial charge in [0.15, 0.2) is 11.0 Å². The van der Waals surface area contributed by atoms with E-state index in [4.69, 9.17) is 0 Å². The molecule has 0 N–H and O–H groups in total. The Balaban J connectivity index is 1.26. The Labute approximate surface area is 216 Å². The van der Waals surface area contributed by atoms with Crippen molar-refractivity contribution in [3.8, 4) is 11.4 Å². The lowest BCUT2D eigenvalue weighted by atomic mass is 10.2. The average molecular weight is 499 g/mol. The number of nitrogens with zero attached hydrogens (tertiary/aromatic N) is 6. The zero-order valence-electron chi connectivity index (χ0n) is 20.4. The van der Waals surface area contributed by atoms with Crippen molar-refractivity contribution in [3.63, 3.8) is 0 Å². The molecule has 0 bridgehead atoms. The monoisotopic (exact) mass is 498 g/mol. The van der Waals surface area contributed by atoms with Gasteiger partial charge in [-0.2, -0.15) is 0 Å². The number of carbonyl (C=O) groups excluding carboxylic acids is 1. The molecule has 1 atom stereocenters. The highest BCUT2D eigenvalue weighted by Crippen LogP contribution is 2.28. The van der Waals surface area contributed by atoms with Gasteiger partial charge in [-0.3, -0.25) is 19.2 Å². The first-order valence-electron chi connectivity index (χ1n) is 12.3. The Morgan fingerprint density at radius 1 is 0.861 bits per heavy atom. The molecule has 1 aliphatic heterocycles. The summed E-state index contributed by atoms with van der Waals surface area (Å²) in [6.07, 6.45) is 3.54. The maximum Gasteiger partial charge on any atom is 0.235 e. The van der Waals surface area contributed by atoms with Gasteiger partial charge in [0.1, 0.15) is 0 Å². The predicted octanol–water partition coefficient (Wildman–Crippen LogP) is 4.21. The lowest BCUT2D eigenvalue weighted by Gasteiger charge is -2.35. The van der Waals surface area contributed by atoms with E-state index in [-0.39, 0.29) is 11.2 Å². The van der Waals surface area contributed by atoms with Crippen molar-refractivity contribution < 1.29 is 4.79 Å². The van der Waals surface area contributed by atoms with Crippen LogP contribution in [0.15, 0.2) is 90.3 Å². The SMILES string of the molecule is C[C@@H](Sc1nnc(-c2cccnc2)n1Cc1ccccc1)C(=O)N1CCN(Cc2ccccc2)CC1. The summed E-state index contributed by atoms with van der Waals surface area (Å²) in [5.41, 5.74) is 3.36. The van der Waals surface area contributed by atoms with Gasteiger partial charge in [-0.15, -0.1) is 10.2 Å². The van der Waals surface area contributed by atoms with Crippen LogP contribution in [0.4, 0.5) is 0 Å². The van der Waals surface area contributed by atoms with Crippen molar-refractivity contribution in [2.45, 2.75) is 30.4 Å². The summed E-state index contributed by atoms with van der Waals surface area (Å²) in [4.78, 5) is 22.0. The minimum Gasteiger partial charge on any atom is -0.339 e. The largest absolute Gasteiger partial charge is 0.339 e. The van der Waals surface area contributed by atoms with E-state index in [0.717, 1.165) is 54.8 Å². The molecule has 4 aromatic rings. The second-order valence-corrected chi connectivity index (χ2v) is 10.3. The molecule has 7 nitrogen and oxygen atoms in total. The fraction of sp³-hybridized carbons (Fsp3) is 0.286. The molecule has 0 unspecified atom stereocenters. The molecule has 184 valence electrons. The zero-order valence-corrected chi connectivity index (χ0v) is 21.2. The van der Waals surface area contributed by atoms with Crippen LogP contribution >= 0.6 is 11.8 Å². The van der Waals surface area contributed by atoms with E-state index in [2.05, 4.69) is 61.0 Å². The van der Waals surface area contributed by atoms with Crippen LogP contribution in [0.5, 0.6) is 0 Å². The van der Waals surface area contributed by atoms with E-state index in [0.29, 0.717) is 6.54 Å². The number of thioether (sulfide) groups is 1. The Morgan fingerprint density at radius 3 is 2.17 bits per heavy atom. The second kappa shape index (κ2) is 11.5. The van der Waals surface area contributed by atoms with Crippen LogP contribution in [0.3, 0.4) is 0 Å². The standard InChI is InChI=1S/C28H30N6OS/c1-22(27(35)33-17-15-32(16-18-33)20-23-9-4-2-5-10-23)36-28-31-30-26(25-13-8-14-29-19-25)34(28)21-24-11-6-3-7-12-24/h2-14,19,22H,15-18,20-21H2,1H3/t22-/m1/s1. The Kier molecular flexibility index (Phi) is 7.73. The molecule has 2 aromatic heterocycles. The van der Waals surface area contributed by atoms with Gasteiger partial charge in [-0.25, -0.2) is 0 Å². The summed E-state index contributed by atoms with van der Waals surface area (Å²) in [5.74, 6) is 0.903. The summed E-state index contributed by atoms with van der Waals surface area (Å²) >= 11 is 1.47. The number of hydrogen-bond acceptors (Lipinski definition) is 6. The molecule has 0 radical (unpaired) electrons. The van der Waals surface area contributed by atoms with Crippen LogP contribution in [0.2, 0.25) is 0 Å². The van der Waals surface area contributed by atoms with Gasteiger partial charge in [-0.1, -0.05) is 72.4 Å². The zero-order chi connectivity index (χ0) is 24.7. The molecule has 36 heavy (non-hydrogen) atoms. The van der Waals surface area contributed by atoms with Crippen LogP contribution in [-0.2, 0) is 17.9 Å². The van der Waals surface area contributed by atoms with E-state index in [1.165, 1.54) is 17.3 Å². The minimum atomic E-state index is -0.258. The van der Waals surface area contributed by atoms with Gasteiger partial charge in [-0.05, 0) is 30.2 Å². The molecule has 0 saturated carbocycles. The van der Waals surface area contributed by atoms with E-state index in [9.17, 15) is 4.79 Å². The van der Waals surface area contributed by atoms with Crippen LogP contribution < -0.4 is 0 Å². The van der Waals surface area contributed by atoms with Crippen molar-refractivity contribution in [3.05, 3.63) is 96.3 Å². The Bertz CT molecular complexity index is 1260. The third kappa shape index (κ3) is 5.83. The van der Waals surface area contributed by atoms with Gasteiger partial charge in [0.2, 0.25) is 5.91 Å². The van der Waals surface area contributed by atoms with E-state index in [1.807, 2.05) is 48.2 Å². The number of hydrogen-bond donors (Lipinski definition) is 0. The summed E-state index contributed by atoms with van der Waals surface area (Å²) < 4.78 is 2.08. The molecule has 1 amide bonds. The van der Waals surface area contributed by atoms with Gasteiger partial charge < -0.3 is 4.90 Å². The molecule has 3 heterocycles. The number of carbonyl (C=O) groups is 1. The van der Waals surface area contributed by atoms with Crippen molar-refractivity contribution >= 4 is 17.7 Å². The smallest absolute Gasteiger partial charge is 0.235 e. The Morgan fingerprint density at radius 2 is 1.53 bits per heavy atom. The lowest BCUT2D eigenvalue weighted by molar-refractivity contribution is -0.132. The van der Waals surface area contributed by atoms with Crippen LogP contribution in [-0.4, -0.2) is 66.9 Å². The van der Waals surface area contributed by atoms with Crippen molar-refractivity contribution in [2.75, 3.05) is 26.2 Å². The van der Waals surface area contributed by atoms with Crippen LogP contribution in [0.1, 0.15) is 18.1 Å². The van der Waals surface area contributed by atoms with Crippen LogP contribution in [0.25, 0.3) is 11.4 Å². The summed E-state index contributed by atoms with van der Waals surface area (Å²) in [7, 11) is 0. The maximum atomic E-state index is 13.3. The number of amides is 1. The topological polar surface area (TPSA) is 67.2 Å². The molecule has 1 aliphatic rings. The fourth-order valence-corrected chi connectivity index (χ4v) is 5.36. The third-order valence-corrected chi connectivity index (χ3v) is 7.45. The van der Waals surface area contributed by atoms with Crippen molar-refractivity contribution in [1.82, 2.24) is 29.5 Å². The molecular formula is C28H30N6OS. The van der Waals surface area contributed by atoms with Crippen molar-refractivity contribution in [2.24, 2.45) is 0 Å². The fourth-order valence-electron chi connectivity index (χ4n) is 4.43. The predicted molar refractivity (Wildman–Crippen MR) is 142 cm³/mol. The summed E-state index contributed by atoms with van der Waals surface area (Å²) in [5, 5.41) is 9.44. The first kappa shape index (κ1) is 24.2. The molecule has 0 aliphatic carbocycles. The maximum absolute atomic E-state index is 13.3. The van der Waals surface area contributed by atoms with Gasteiger partial charge in [0, 0.05) is 50.7 Å². The lowest BCUT2D eigenvalue weighted by Crippen LogP contribution is -2.50. The molecular weight excluding hydrogens is 468 g/mol. The van der Waals surface area contributed by atoms with E-state index >= 15 is 0 Å². The number of rotatable bonds is 8. The molecule has 1 saturated heterocycles. The highest BCUT2D eigenvalue weighted by molar-refractivity contribution is 8.00. The minimum absolute atomic E-state index is 0.150. The second-order valence-electron chi connectivity index (χ2n) is 8.97. The van der Waals surface area contributed by atoms with E-state index in [1.54, 1.807) is 12.4 Å². The number of piperazine rings is 1. The number of pyridine rings is 1. The van der Waals surface area contributed by atoms with Gasteiger partial charge in [0.05, 0.1) is 11.8 Å². The number of aromatic nitrogens is 4. The van der Waals surface area contributed by atoms with Crippen LogP contribution in [0, 0.1) is 0 Å². The summed E-state index contributed by atoms with van der Waals surface area (Å²) in [6, 6.07) is 24.6. The molecule has 0 spiro atoms. The highest BCUT2D eigenvalue weighted by Gasteiger charge is 2.27. The first-order valence-corrected chi connectivity index (χ1v) is 13.1. The molecule has 5 rings (SSSR count). The molecule has 1 fully saturated rings. The van der Waals surface area contributed by atoms with Gasteiger partial charge >= 0.3 is 0 Å². The average Bonchev–Trinajstić information content (AvgIpc) is 3.32.